The van der Waals surface area contributed by atoms with Crippen LogP contribution >= 0.6 is 0 Å². The van der Waals surface area contributed by atoms with Gasteiger partial charge in [-0.1, -0.05) is 23.4 Å². The second-order valence-electron chi connectivity index (χ2n) is 5.67. The molecule has 26 heavy (non-hydrogen) atoms. The lowest BCUT2D eigenvalue weighted by molar-refractivity contribution is -0.125. The number of rotatable bonds is 6. The van der Waals surface area contributed by atoms with Gasteiger partial charge >= 0.3 is 0 Å². The highest BCUT2D eigenvalue weighted by Gasteiger charge is 2.25. The van der Waals surface area contributed by atoms with Gasteiger partial charge in [-0.25, -0.2) is 14.4 Å². The summed E-state index contributed by atoms with van der Waals surface area (Å²) in [5, 5.41) is 15.5. The lowest BCUT2D eigenvalue weighted by atomic mass is 10.1. The molecule has 1 aromatic heterocycles. The van der Waals surface area contributed by atoms with Crippen LogP contribution in [0.15, 0.2) is 35.7 Å². The van der Waals surface area contributed by atoms with Gasteiger partial charge in [0.15, 0.2) is 6.61 Å². The Labute approximate surface area is 149 Å². The predicted molar refractivity (Wildman–Crippen MR) is 93.0 cm³/mol. The molecule has 0 saturated carbocycles. The van der Waals surface area contributed by atoms with E-state index in [0.717, 1.165) is 5.71 Å². The minimum atomic E-state index is -0.474. The van der Waals surface area contributed by atoms with Gasteiger partial charge in [0, 0.05) is 36.1 Å². The molecule has 136 valence electrons. The zero-order chi connectivity index (χ0) is 18.5. The van der Waals surface area contributed by atoms with E-state index in [-0.39, 0.29) is 24.7 Å². The fourth-order valence-corrected chi connectivity index (χ4v) is 2.40. The van der Waals surface area contributed by atoms with Gasteiger partial charge in [-0.2, -0.15) is 0 Å². The second-order valence-corrected chi connectivity index (χ2v) is 5.67. The van der Waals surface area contributed by atoms with Gasteiger partial charge in [-0.05, 0) is 0 Å². The maximum atomic E-state index is 14.3. The average molecular weight is 359 g/mol. The number of aliphatic hydroxyl groups is 1. The smallest absolute Gasteiger partial charge is 0.260 e. The Kier molecular flexibility index (Phi) is 5.37. The van der Waals surface area contributed by atoms with Crippen molar-refractivity contribution in [1.29, 1.82) is 0 Å². The summed E-state index contributed by atoms with van der Waals surface area (Å²) in [4.78, 5) is 26.3. The Hall–Kier alpha value is -3.07. The quantitative estimate of drug-likeness (QED) is 0.737. The first-order valence-corrected chi connectivity index (χ1v) is 7.96. The molecule has 1 aromatic carbocycles. The summed E-state index contributed by atoms with van der Waals surface area (Å²) in [6, 6.07) is 4.82. The Bertz CT molecular complexity index is 818. The van der Waals surface area contributed by atoms with Crippen LogP contribution in [0, 0.1) is 5.82 Å². The fraction of sp³-hybridized carbons (Fsp3) is 0.294. The lowest BCUT2D eigenvalue weighted by Crippen LogP contribution is -2.48. The van der Waals surface area contributed by atoms with Gasteiger partial charge in [0.05, 0.1) is 25.4 Å². The van der Waals surface area contributed by atoms with Gasteiger partial charge in [-0.15, -0.1) is 0 Å². The molecule has 2 N–H and O–H groups in total. The zero-order valence-corrected chi connectivity index (χ0v) is 14.1. The van der Waals surface area contributed by atoms with Crippen molar-refractivity contribution in [3.05, 3.63) is 42.0 Å². The molecule has 0 spiro atoms. The van der Waals surface area contributed by atoms with Gasteiger partial charge < -0.3 is 20.2 Å². The maximum absolute atomic E-state index is 14.3. The molecule has 2 aromatic rings. The third-order valence-corrected chi connectivity index (χ3v) is 3.90. The molecule has 0 unspecified atom stereocenters. The molecule has 3 rings (SSSR count). The van der Waals surface area contributed by atoms with Crippen molar-refractivity contribution in [2.75, 3.05) is 31.6 Å². The topological polar surface area (TPSA) is 99.9 Å². The molecular weight excluding hydrogens is 341 g/mol. The van der Waals surface area contributed by atoms with Crippen molar-refractivity contribution in [3.63, 3.8) is 0 Å². The molecule has 1 fully saturated rings. The van der Waals surface area contributed by atoms with E-state index < -0.39 is 5.82 Å². The van der Waals surface area contributed by atoms with E-state index in [4.69, 9.17) is 9.94 Å². The molecule has 1 amide bonds. The number of carbonyl (C=O) groups is 1. The van der Waals surface area contributed by atoms with Crippen LogP contribution in [0.25, 0.3) is 11.1 Å². The number of aromatic nitrogens is 2. The number of hydrogen-bond acceptors (Lipinski definition) is 7. The molecule has 2 heterocycles. The number of aliphatic hydroxyl groups excluding tert-OH is 1. The average Bonchev–Trinajstić information content (AvgIpc) is 2.64. The van der Waals surface area contributed by atoms with E-state index in [1.807, 2.05) is 4.90 Å². The predicted octanol–water partition coefficient (Wildman–Crippen LogP) is 0.714. The Morgan fingerprint density at radius 2 is 2.12 bits per heavy atom. The number of amides is 1. The lowest BCUT2D eigenvalue weighted by Gasteiger charge is -2.31. The van der Waals surface area contributed by atoms with Crippen molar-refractivity contribution < 1.29 is 19.1 Å². The molecule has 0 radical (unpaired) electrons. The number of anilines is 1. The van der Waals surface area contributed by atoms with Crippen LogP contribution in [0.4, 0.5) is 10.3 Å². The number of hydrogen-bond donors (Lipinski definition) is 2. The summed E-state index contributed by atoms with van der Waals surface area (Å²) in [6.45, 7) is 0.517. The molecule has 0 aliphatic carbocycles. The van der Waals surface area contributed by atoms with Crippen molar-refractivity contribution in [2.45, 2.75) is 6.61 Å². The SMILES string of the molecule is CNC(=O)CON=C1CN(c2ncc(-c3cccc(CO)c3F)cn2)C1. The van der Waals surface area contributed by atoms with Gasteiger partial charge in [0.2, 0.25) is 5.95 Å². The van der Waals surface area contributed by atoms with E-state index >= 15 is 0 Å². The first-order valence-electron chi connectivity index (χ1n) is 7.96. The summed E-state index contributed by atoms with van der Waals surface area (Å²) in [5.41, 5.74) is 1.89. The third-order valence-electron chi connectivity index (χ3n) is 3.90. The Balaban J connectivity index is 1.61. The molecule has 0 bridgehead atoms. The molecule has 1 aliphatic rings. The molecular formula is C17H18FN5O3. The minimum Gasteiger partial charge on any atom is -0.392 e. The normalized spacial score (nSPS) is 13.2. The van der Waals surface area contributed by atoms with Gasteiger partial charge in [0.1, 0.15) is 5.82 Å². The molecule has 8 nitrogen and oxygen atoms in total. The van der Waals surface area contributed by atoms with Crippen LogP contribution in [0.5, 0.6) is 0 Å². The van der Waals surface area contributed by atoms with E-state index in [1.165, 1.54) is 13.1 Å². The van der Waals surface area contributed by atoms with E-state index in [9.17, 15) is 9.18 Å². The fourth-order valence-electron chi connectivity index (χ4n) is 2.40. The summed E-state index contributed by atoms with van der Waals surface area (Å²) in [5.74, 6) is -0.224. The first-order chi connectivity index (χ1) is 12.6. The molecule has 9 heteroatoms. The number of benzene rings is 1. The maximum Gasteiger partial charge on any atom is 0.260 e. The Morgan fingerprint density at radius 3 is 2.77 bits per heavy atom. The van der Waals surface area contributed by atoms with Crippen LogP contribution in [-0.2, 0) is 16.2 Å². The highest BCUT2D eigenvalue weighted by Crippen LogP contribution is 2.25. The summed E-state index contributed by atoms with van der Waals surface area (Å²) in [7, 11) is 1.52. The number of nitrogens with zero attached hydrogens (tertiary/aromatic N) is 4. The Morgan fingerprint density at radius 1 is 1.38 bits per heavy atom. The van der Waals surface area contributed by atoms with Crippen LogP contribution < -0.4 is 10.2 Å². The summed E-state index contributed by atoms with van der Waals surface area (Å²) < 4.78 is 14.3. The van der Waals surface area contributed by atoms with Crippen molar-refractivity contribution in [2.24, 2.45) is 5.16 Å². The largest absolute Gasteiger partial charge is 0.392 e. The van der Waals surface area contributed by atoms with E-state index in [2.05, 4.69) is 20.4 Å². The highest BCUT2D eigenvalue weighted by atomic mass is 19.1. The van der Waals surface area contributed by atoms with Crippen molar-refractivity contribution in [3.8, 4) is 11.1 Å². The van der Waals surface area contributed by atoms with Crippen LogP contribution in [0.1, 0.15) is 5.56 Å². The molecule has 1 aliphatic heterocycles. The summed E-state index contributed by atoms with van der Waals surface area (Å²) in [6.07, 6.45) is 3.08. The summed E-state index contributed by atoms with van der Waals surface area (Å²) >= 11 is 0. The number of oxime groups is 1. The first kappa shape index (κ1) is 17.7. The van der Waals surface area contributed by atoms with Crippen LogP contribution in [-0.4, -0.2) is 53.4 Å². The monoisotopic (exact) mass is 359 g/mol. The second kappa shape index (κ2) is 7.87. The van der Waals surface area contributed by atoms with E-state index in [0.29, 0.717) is 30.2 Å². The number of nitrogens with one attached hydrogen (secondary N) is 1. The number of carbonyl (C=O) groups excluding carboxylic acids is 1. The molecule has 0 atom stereocenters. The number of likely N-dealkylation sites (N-methyl/N-ethyl adjacent to an activating group) is 1. The van der Waals surface area contributed by atoms with Crippen molar-refractivity contribution >= 4 is 17.6 Å². The van der Waals surface area contributed by atoms with Crippen LogP contribution in [0.2, 0.25) is 0 Å². The highest BCUT2D eigenvalue weighted by molar-refractivity contribution is 5.98. The van der Waals surface area contributed by atoms with Crippen molar-refractivity contribution in [1.82, 2.24) is 15.3 Å². The molecule has 1 saturated heterocycles. The van der Waals surface area contributed by atoms with Gasteiger partial charge in [0.25, 0.3) is 5.91 Å². The van der Waals surface area contributed by atoms with Crippen LogP contribution in [0.3, 0.4) is 0 Å². The minimum absolute atomic E-state index is 0.121. The number of halogens is 1. The van der Waals surface area contributed by atoms with E-state index in [1.54, 1.807) is 24.5 Å². The third kappa shape index (κ3) is 3.77. The van der Waals surface area contributed by atoms with Gasteiger partial charge in [-0.3, -0.25) is 4.79 Å². The zero-order valence-electron chi connectivity index (χ0n) is 14.1. The standard InChI is InChI=1S/C17H18FN5O3/c1-19-15(25)10-26-22-13-7-23(8-13)17-20-5-12(6-21-17)14-4-2-3-11(9-24)16(14)18/h2-6,24H,7-10H2,1H3,(H,19,25).